The number of rotatable bonds is 10. The normalized spacial score (nSPS) is 16.6. The number of nitrogens with one attached hydrogen (secondary N) is 2. The molecule has 2 aromatic heterocycles. The third-order valence-electron chi connectivity index (χ3n) is 6.61. The van der Waals surface area contributed by atoms with Crippen LogP contribution in [0.25, 0.3) is 16.9 Å². The molecule has 5 rings (SSSR count). The topological polar surface area (TPSA) is 83.8 Å². The third-order valence-corrected chi connectivity index (χ3v) is 7.49. The molecule has 1 aromatic carbocycles. The van der Waals surface area contributed by atoms with Crippen molar-refractivity contribution in [3.05, 3.63) is 41.6 Å². The summed E-state index contributed by atoms with van der Waals surface area (Å²) in [6.07, 6.45) is -1.50. The van der Waals surface area contributed by atoms with Crippen molar-refractivity contribution >= 4 is 29.0 Å². The largest absolute Gasteiger partial charge is 0.390 e. The van der Waals surface area contributed by atoms with Crippen LogP contribution in [0.4, 0.5) is 18.9 Å². The molecule has 0 spiro atoms. The van der Waals surface area contributed by atoms with Gasteiger partial charge in [-0.05, 0) is 43.5 Å². The summed E-state index contributed by atoms with van der Waals surface area (Å²) < 4.78 is 45.5. The van der Waals surface area contributed by atoms with Crippen LogP contribution in [-0.4, -0.2) is 82.8 Å². The fourth-order valence-corrected chi connectivity index (χ4v) is 5.25. The summed E-state index contributed by atoms with van der Waals surface area (Å²) in [5.41, 5.74) is 3.93. The third kappa shape index (κ3) is 6.78. The molecule has 8 nitrogen and oxygen atoms in total. The second kappa shape index (κ2) is 11.5. The maximum Gasteiger partial charge on any atom is 0.390 e. The average Bonchev–Trinajstić information content (AvgIpc) is 3.59. The number of benzene rings is 1. The Hall–Kier alpha value is -2.83. The smallest absolute Gasteiger partial charge is 0.382 e. The Bertz CT molecular complexity index is 1290. The molecule has 2 N–H and O–H groups in total. The van der Waals surface area contributed by atoms with Crippen molar-refractivity contribution in [1.29, 1.82) is 0 Å². The van der Waals surface area contributed by atoms with Gasteiger partial charge in [0.25, 0.3) is 5.91 Å². The number of morpholine rings is 1. The first-order valence-corrected chi connectivity index (χ1v) is 13.8. The van der Waals surface area contributed by atoms with Crippen LogP contribution >= 0.6 is 11.8 Å². The number of hydrogen-bond donors (Lipinski definition) is 2. The van der Waals surface area contributed by atoms with Crippen molar-refractivity contribution in [1.82, 2.24) is 24.8 Å². The van der Waals surface area contributed by atoms with E-state index in [4.69, 9.17) is 9.84 Å². The molecule has 1 amide bonds. The predicted octanol–water partition coefficient (Wildman–Crippen LogP) is 4.39. The highest BCUT2D eigenvalue weighted by Gasteiger charge is 2.27. The Morgan fingerprint density at radius 3 is 2.71 bits per heavy atom. The Morgan fingerprint density at radius 1 is 1.21 bits per heavy atom. The van der Waals surface area contributed by atoms with Crippen LogP contribution in [0.2, 0.25) is 0 Å². The average molecular weight is 549 g/mol. The zero-order valence-electron chi connectivity index (χ0n) is 21.2. The van der Waals surface area contributed by atoms with Crippen molar-refractivity contribution in [2.24, 2.45) is 0 Å². The molecular formula is C26H31F3N6O2S. The molecule has 1 saturated carbocycles. The summed E-state index contributed by atoms with van der Waals surface area (Å²) in [7, 11) is 0. The Kier molecular flexibility index (Phi) is 8.10. The number of halogens is 3. The van der Waals surface area contributed by atoms with E-state index < -0.39 is 12.6 Å². The zero-order valence-corrected chi connectivity index (χ0v) is 22.0. The van der Waals surface area contributed by atoms with E-state index in [-0.39, 0.29) is 18.5 Å². The molecule has 0 radical (unpaired) electrons. The van der Waals surface area contributed by atoms with Crippen molar-refractivity contribution in [3.8, 4) is 11.3 Å². The Balaban J connectivity index is 1.40. The van der Waals surface area contributed by atoms with Crippen molar-refractivity contribution in [2.45, 2.75) is 43.4 Å². The fourth-order valence-electron chi connectivity index (χ4n) is 4.36. The molecule has 204 valence electrons. The maximum absolute atomic E-state index is 12.8. The van der Waals surface area contributed by atoms with E-state index in [0.717, 1.165) is 62.6 Å². The lowest BCUT2D eigenvalue weighted by Gasteiger charge is -2.26. The van der Waals surface area contributed by atoms with Crippen LogP contribution in [-0.2, 0) is 4.74 Å². The summed E-state index contributed by atoms with van der Waals surface area (Å²) in [6, 6.07) is 7.61. The number of hydrogen-bond acceptors (Lipinski definition) is 7. The number of amides is 1. The molecule has 2 aliphatic rings. The zero-order chi connectivity index (χ0) is 26.7. The minimum Gasteiger partial charge on any atom is -0.382 e. The molecule has 0 bridgehead atoms. The molecule has 0 unspecified atom stereocenters. The summed E-state index contributed by atoms with van der Waals surface area (Å²) in [5, 5.41) is 11.4. The van der Waals surface area contributed by atoms with Gasteiger partial charge in [-0.15, -0.1) is 11.8 Å². The van der Waals surface area contributed by atoms with Gasteiger partial charge in [-0.25, -0.2) is 9.50 Å². The second-order valence-electron chi connectivity index (χ2n) is 9.65. The number of carbonyl (C=O) groups excluding carboxylic acids is 1. The van der Waals surface area contributed by atoms with Gasteiger partial charge < -0.3 is 15.4 Å². The molecule has 38 heavy (non-hydrogen) atoms. The first kappa shape index (κ1) is 26.8. The summed E-state index contributed by atoms with van der Waals surface area (Å²) in [4.78, 5) is 19.4. The summed E-state index contributed by atoms with van der Waals surface area (Å²) in [5.74, 6) is 0.706. The van der Waals surface area contributed by atoms with Gasteiger partial charge in [0.05, 0.1) is 37.2 Å². The van der Waals surface area contributed by atoms with Gasteiger partial charge in [0, 0.05) is 49.1 Å². The monoisotopic (exact) mass is 548 g/mol. The van der Waals surface area contributed by atoms with E-state index in [1.165, 1.54) is 0 Å². The standard InChI is InChI=1S/C26H31F3N6O2S/c1-17-14-18(2-5-20(17)25(36)32-19-3-4-19)22-16-31-24-21(30-7-6-26(27,28)29)15-23(33-35(22)24)38-13-10-34-8-11-37-12-9-34/h2,5,14-16,19,30H,3-4,6-13H2,1H3,(H,32,36). The number of carbonyl (C=O) groups is 1. The minimum atomic E-state index is -4.25. The lowest BCUT2D eigenvalue weighted by molar-refractivity contribution is -0.131. The quantitative estimate of drug-likeness (QED) is 0.364. The van der Waals surface area contributed by atoms with Crippen LogP contribution in [0.15, 0.2) is 35.5 Å². The number of alkyl halides is 3. The number of nitrogens with zero attached hydrogens (tertiary/aromatic N) is 4. The van der Waals surface area contributed by atoms with Gasteiger partial charge in [0.2, 0.25) is 0 Å². The molecule has 1 saturated heterocycles. The first-order chi connectivity index (χ1) is 18.3. The Morgan fingerprint density at radius 2 is 2.00 bits per heavy atom. The van der Waals surface area contributed by atoms with Gasteiger partial charge in [0.1, 0.15) is 5.03 Å². The number of aromatic nitrogens is 3. The minimum absolute atomic E-state index is 0.0806. The molecule has 0 atom stereocenters. The molecule has 3 heterocycles. The fraction of sp³-hybridized carbons (Fsp3) is 0.500. The van der Waals surface area contributed by atoms with Gasteiger partial charge in [0.15, 0.2) is 5.65 Å². The molecule has 2 fully saturated rings. The van der Waals surface area contributed by atoms with Gasteiger partial charge in [-0.3, -0.25) is 9.69 Å². The van der Waals surface area contributed by atoms with Crippen molar-refractivity contribution in [2.75, 3.05) is 50.5 Å². The molecule has 1 aliphatic heterocycles. The van der Waals surface area contributed by atoms with E-state index in [2.05, 4.69) is 20.5 Å². The number of fused-ring (bicyclic) bond motifs is 1. The van der Waals surface area contributed by atoms with Crippen LogP contribution in [0.5, 0.6) is 0 Å². The number of imidazole rings is 1. The first-order valence-electron chi connectivity index (χ1n) is 12.8. The van der Waals surface area contributed by atoms with E-state index in [0.29, 0.717) is 27.6 Å². The molecular weight excluding hydrogens is 517 g/mol. The highest BCUT2D eigenvalue weighted by Crippen LogP contribution is 2.30. The van der Waals surface area contributed by atoms with Crippen LogP contribution in [0.3, 0.4) is 0 Å². The lowest BCUT2D eigenvalue weighted by atomic mass is 10.0. The summed E-state index contributed by atoms with van der Waals surface area (Å²) >= 11 is 1.55. The highest BCUT2D eigenvalue weighted by atomic mass is 32.2. The predicted molar refractivity (Wildman–Crippen MR) is 141 cm³/mol. The SMILES string of the molecule is Cc1cc(-c2cnc3c(NCCC(F)(F)F)cc(SCCN4CCOCC4)nn23)ccc1C(=O)NC1CC1. The van der Waals surface area contributed by atoms with Crippen LogP contribution < -0.4 is 10.6 Å². The van der Waals surface area contributed by atoms with E-state index in [1.807, 2.05) is 19.1 Å². The number of ether oxygens (including phenoxy) is 1. The van der Waals surface area contributed by atoms with Gasteiger partial charge >= 0.3 is 6.18 Å². The maximum atomic E-state index is 12.8. The van der Waals surface area contributed by atoms with E-state index in [1.54, 1.807) is 34.6 Å². The second-order valence-corrected chi connectivity index (χ2v) is 10.8. The highest BCUT2D eigenvalue weighted by molar-refractivity contribution is 7.99. The van der Waals surface area contributed by atoms with Crippen molar-refractivity contribution < 1.29 is 22.7 Å². The Labute approximate surface area is 223 Å². The molecule has 1 aliphatic carbocycles. The van der Waals surface area contributed by atoms with Crippen molar-refractivity contribution in [3.63, 3.8) is 0 Å². The van der Waals surface area contributed by atoms with Crippen LogP contribution in [0.1, 0.15) is 35.2 Å². The number of aryl methyl sites for hydroxylation is 1. The summed E-state index contributed by atoms with van der Waals surface area (Å²) in [6.45, 7) is 5.72. The van der Waals surface area contributed by atoms with Gasteiger partial charge in [-0.1, -0.05) is 6.07 Å². The molecule has 12 heteroatoms. The molecule has 3 aromatic rings. The van der Waals surface area contributed by atoms with Crippen LogP contribution in [0, 0.1) is 6.92 Å². The van der Waals surface area contributed by atoms with E-state index >= 15 is 0 Å². The number of anilines is 1. The van der Waals surface area contributed by atoms with Gasteiger partial charge in [-0.2, -0.15) is 18.3 Å². The van der Waals surface area contributed by atoms with E-state index in [9.17, 15) is 18.0 Å². The number of thioether (sulfide) groups is 1. The lowest BCUT2D eigenvalue weighted by Crippen LogP contribution is -2.37.